The SMILES string of the molecule is Cc1c(C(Nc2ccc(C(=O)N(C)CCC(=O)O)cn2)C2CCCCC2)sc2cc(Cl)ncc12. The van der Waals surface area contributed by atoms with Crippen LogP contribution in [-0.4, -0.2) is 45.4 Å². The Bertz CT molecular complexity index is 1170. The fourth-order valence-corrected chi connectivity index (χ4v) is 6.21. The highest BCUT2D eigenvalue weighted by Crippen LogP contribution is 2.43. The van der Waals surface area contributed by atoms with Gasteiger partial charge in [-0.15, -0.1) is 11.3 Å². The Kier molecular flexibility index (Phi) is 7.68. The maximum Gasteiger partial charge on any atom is 0.305 e. The van der Waals surface area contributed by atoms with Crippen molar-refractivity contribution < 1.29 is 14.7 Å². The fraction of sp³-hybridized carbons (Fsp3) is 0.440. The van der Waals surface area contributed by atoms with Crippen LogP contribution in [0.25, 0.3) is 10.1 Å². The van der Waals surface area contributed by atoms with E-state index in [0.29, 0.717) is 22.5 Å². The van der Waals surface area contributed by atoms with Crippen LogP contribution < -0.4 is 5.32 Å². The van der Waals surface area contributed by atoms with E-state index in [1.54, 1.807) is 30.6 Å². The Morgan fingerprint density at radius 2 is 2.00 bits per heavy atom. The van der Waals surface area contributed by atoms with Gasteiger partial charge in [0.05, 0.1) is 18.0 Å². The number of thiophene rings is 1. The quantitative estimate of drug-likeness (QED) is 0.372. The Morgan fingerprint density at radius 1 is 1.24 bits per heavy atom. The maximum absolute atomic E-state index is 12.6. The second kappa shape index (κ2) is 10.7. The predicted molar refractivity (Wildman–Crippen MR) is 136 cm³/mol. The van der Waals surface area contributed by atoms with Gasteiger partial charge >= 0.3 is 5.97 Å². The van der Waals surface area contributed by atoms with Gasteiger partial charge < -0.3 is 15.3 Å². The van der Waals surface area contributed by atoms with E-state index in [2.05, 4.69) is 22.2 Å². The van der Waals surface area contributed by atoms with Crippen molar-refractivity contribution in [3.05, 3.63) is 51.7 Å². The molecule has 180 valence electrons. The van der Waals surface area contributed by atoms with Gasteiger partial charge in [-0.25, -0.2) is 9.97 Å². The zero-order valence-electron chi connectivity index (χ0n) is 19.4. The van der Waals surface area contributed by atoms with Crippen molar-refractivity contribution in [2.45, 2.75) is 51.5 Å². The van der Waals surface area contributed by atoms with Crippen LogP contribution in [0.2, 0.25) is 5.15 Å². The van der Waals surface area contributed by atoms with Gasteiger partial charge in [-0.05, 0) is 49.4 Å². The summed E-state index contributed by atoms with van der Waals surface area (Å²) in [5.74, 6) is 0.0389. The zero-order valence-corrected chi connectivity index (χ0v) is 21.0. The van der Waals surface area contributed by atoms with Gasteiger partial charge in [0.2, 0.25) is 0 Å². The average Bonchev–Trinajstić information content (AvgIpc) is 3.16. The molecular formula is C25H29ClN4O3S. The monoisotopic (exact) mass is 500 g/mol. The van der Waals surface area contributed by atoms with E-state index >= 15 is 0 Å². The third-order valence-corrected chi connectivity index (χ3v) is 8.10. The summed E-state index contributed by atoms with van der Waals surface area (Å²) in [6.45, 7) is 2.30. The lowest BCUT2D eigenvalue weighted by atomic mass is 9.82. The van der Waals surface area contributed by atoms with Gasteiger partial charge in [0.1, 0.15) is 11.0 Å². The number of rotatable bonds is 8. The third-order valence-electron chi connectivity index (χ3n) is 6.55. The highest BCUT2D eigenvalue weighted by atomic mass is 35.5. The van der Waals surface area contributed by atoms with Gasteiger partial charge in [-0.2, -0.15) is 0 Å². The number of carbonyl (C=O) groups is 2. The first kappa shape index (κ1) is 24.4. The average molecular weight is 501 g/mol. The largest absolute Gasteiger partial charge is 0.481 e. The van der Waals surface area contributed by atoms with Crippen molar-refractivity contribution >= 4 is 50.7 Å². The lowest BCUT2D eigenvalue weighted by Crippen LogP contribution is -2.29. The summed E-state index contributed by atoms with van der Waals surface area (Å²) in [7, 11) is 1.60. The molecule has 1 amide bonds. The number of carboxylic acids is 1. The van der Waals surface area contributed by atoms with Crippen LogP contribution in [0.15, 0.2) is 30.6 Å². The number of halogens is 1. The molecule has 4 rings (SSSR count). The van der Waals surface area contributed by atoms with Gasteiger partial charge in [0.15, 0.2) is 0 Å². The minimum atomic E-state index is -0.930. The van der Waals surface area contributed by atoms with E-state index in [1.165, 1.54) is 34.6 Å². The van der Waals surface area contributed by atoms with Crippen molar-refractivity contribution in [1.82, 2.24) is 14.9 Å². The molecule has 1 fully saturated rings. The van der Waals surface area contributed by atoms with E-state index in [1.807, 2.05) is 18.3 Å². The Morgan fingerprint density at radius 3 is 2.68 bits per heavy atom. The van der Waals surface area contributed by atoms with Crippen LogP contribution in [0.5, 0.6) is 0 Å². The molecule has 0 bridgehead atoms. The van der Waals surface area contributed by atoms with E-state index < -0.39 is 5.97 Å². The molecule has 0 saturated heterocycles. The minimum Gasteiger partial charge on any atom is -0.481 e. The Hall–Kier alpha value is -2.71. The van der Waals surface area contributed by atoms with Gasteiger partial charge in [-0.3, -0.25) is 9.59 Å². The van der Waals surface area contributed by atoms with Crippen molar-refractivity contribution in [3.63, 3.8) is 0 Å². The number of pyridine rings is 2. The number of hydrogen-bond donors (Lipinski definition) is 2. The summed E-state index contributed by atoms with van der Waals surface area (Å²) in [6, 6.07) is 5.61. The smallest absolute Gasteiger partial charge is 0.305 e. The van der Waals surface area contributed by atoms with Crippen molar-refractivity contribution in [3.8, 4) is 0 Å². The number of carbonyl (C=O) groups excluding carboxylic acids is 1. The van der Waals surface area contributed by atoms with E-state index in [0.717, 1.165) is 22.9 Å². The summed E-state index contributed by atoms with van der Waals surface area (Å²) in [5, 5.41) is 14.1. The second-order valence-corrected chi connectivity index (χ2v) is 10.4. The summed E-state index contributed by atoms with van der Waals surface area (Å²) in [6.07, 6.45) is 9.37. The van der Waals surface area contributed by atoms with E-state index in [9.17, 15) is 9.59 Å². The van der Waals surface area contributed by atoms with Crippen LogP contribution in [0, 0.1) is 12.8 Å². The molecule has 0 aromatic carbocycles. The molecule has 9 heteroatoms. The van der Waals surface area contributed by atoms with Gasteiger partial charge in [0.25, 0.3) is 5.91 Å². The van der Waals surface area contributed by atoms with Crippen LogP contribution in [-0.2, 0) is 4.79 Å². The molecule has 1 aliphatic carbocycles. The van der Waals surface area contributed by atoms with Gasteiger partial charge in [-0.1, -0.05) is 30.9 Å². The van der Waals surface area contributed by atoms with Crippen LogP contribution in [0.1, 0.15) is 65.4 Å². The summed E-state index contributed by atoms with van der Waals surface area (Å²) >= 11 is 7.90. The number of nitrogens with one attached hydrogen (secondary N) is 1. The molecule has 1 saturated carbocycles. The number of anilines is 1. The van der Waals surface area contributed by atoms with Crippen molar-refractivity contribution in [1.29, 1.82) is 0 Å². The molecule has 0 radical (unpaired) electrons. The zero-order chi connectivity index (χ0) is 24.2. The Labute approximate surface area is 208 Å². The maximum atomic E-state index is 12.6. The number of nitrogens with zero attached hydrogens (tertiary/aromatic N) is 3. The van der Waals surface area contributed by atoms with E-state index in [4.69, 9.17) is 16.7 Å². The number of aryl methyl sites for hydroxylation is 1. The molecule has 3 heterocycles. The second-order valence-electron chi connectivity index (χ2n) is 8.92. The number of amides is 1. The minimum absolute atomic E-state index is 0.0897. The number of hydrogen-bond acceptors (Lipinski definition) is 6. The summed E-state index contributed by atoms with van der Waals surface area (Å²) < 4.78 is 1.13. The highest BCUT2D eigenvalue weighted by Gasteiger charge is 2.29. The summed E-state index contributed by atoms with van der Waals surface area (Å²) in [4.78, 5) is 34.9. The first-order valence-corrected chi connectivity index (χ1v) is 12.8. The molecule has 0 aliphatic heterocycles. The topological polar surface area (TPSA) is 95.4 Å². The van der Waals surface area contributed by atoms with Crippen molar-refractivity contribution in [2.75, 3.05) is 18.9 Å². The molecule has 0 spiro atoms. The molecule has 3 aromatic heterocycles. The molecule has 34 heavy (non-hydrogen) atoms. The standard InChI is InChI=1S/C25H29ClN4O3S/c1-15-18-14-27-20(26)12-19(18)34-24(15)23(16-6-4-3-5-7-16)29-21-9-8-17(13-28-21)25(33)30(2)11-10-22(31)32/h8-9,12-14,16,23H,3-7,10-11H2,1-2H3,(H,28,29)(H,31,32). The Balaban J connectivity index is 1.57. The van der Waals surface area contributed by atoms with Crippen LogP contribution >= 0.6 is 22.9 Å². The van der Waals surface area contributed by atoms with Crippen molar-refractivity contribution in [2.24, 2.45) is 5.92 Å². The number of fused-ring (bicyclic) bond motifs is 1. The van der Waals surface area contributed by atoms with E-state index in [-0.39, 0.29) is 24.9 Å². The lowest BCUT2D eigenvalue weighted by Gasteiger charge is -2.31. The predicted octanol–water partition coefficient (Wildman–Crippen LogP) is 5.93. The molecule has 7 nitrogen and oxygen atoms in total. The molecule has 1 atom stereocenters. The number of carboxylic acid groups (broad SMARTS) is 1. The highest BCUT2D eigenvalue weighted by molar-refractivity contribution is 7.19. The first-order valence-electron chi connectivity index (χ1n) is 11.6. The summed E-state index contributed by atoms with van der Waals surface area (Å²) in [5.41, 5.74) is 1.66. The molecule has 1 aliphatic rings. The fourth-order valence-electron chi connectivity index (χ4n) is 4.62. The molecular weight excluding hydrogens is 472 g/mol. The first-order chi connectivity index (χ1) is 16.3. The van der Waals surface area contributed by atoms with Crippen LogP contribution in [0.4, 0.5) is 5.82 Å². The van der Waals surface area contributed by atoms with Gasteiger partial charge in [0, 0.05) is 40.9 Å². The molecule has 3 aromatic rings. The number of aromatic nitrogens is 2. The molecule has 2 N–H and O–H groups in total. The normalized spacial score (nSPS) is 15.3. The number of aliphatic carboxylic acids is 1. The lowest BCUT2D eigenvalue weighted by molar-refractivity contribution is -0.137. The third kappa shape index (κ3) is 5.50. The molecule has 1 unspecified atom stereocenters. The van der Waals surface area contributed by atoms with Crippen LogP contribution in [0.3, 0.4) is 0 Å².